The number of likely N-dealkylation sites (N-methyl/N-ethyl adjacent to an activating group) is 1. The molecule has 1 heterocycles. The van der Waals surface area contributed by atoms with E-state index in [1.165, 1.54) is 27.8 Å². The number of hydrogen-bond acceptors (Lipinski definition) is 2. The molecule has 0 aliphatic heterocycles. The first kappa shape index (κ1) is 14.8. The average molecular weight is 271 g/mol. The number of hydrogen-bond donors (Lipinski definition) is 1. The Bertz CT molecular complexity index is 588. The first-order valence-electron chi connectivity index (χ1n) is 7.16. The molecule has 0 saturated heterocycles. The molecule has 0 bridgehead atoms. The summed E-state index contributed by atoms with van der Waals surface area (Å²) in [7, 11) is 4.00. The Morgan fingerprint density at radius 1 is 1.15 bits per heavy atom. The summed E-state index contributed by atoms with van der Waals surface area (Å²) in [5, 5.41) is 7.89. The molecule has 20 heavy (non-hydrogen) atoms. The van der Waals surface area contributed by atoms with E-state index in [-0.39, 0.29) is 0 Å². The van der Waals surface area contributed by atoms with Crippen LogP contribution in [0.1, 0.15) is 39.6 Å². The van der Waals surface area contributed by atoms with Gasteiger partial charge in [-0.05, 0) is 57.9 Å². The van der Waals surface area contributed by atoms with Gasteiger partial charge in [-0.15, -0.1) is 0 Å². The predicted molar refractivity (Wildman–Crippen MR) is 84.1 cm³/mol. The summed E-state index contributed by atoms with van der Waals surface area (Å²) >= 11 is 0. The number of rotatable bonds is 4. The van der Waals surface area contributed by atoms with Gasteiger partial charge in [-0.25, -0.2) is 0 Å². The molecule has 108 valence electrons. The Labute approximate surface area is 122 Å². The second-order valence-electron chi connectivity index (χ2n) is 5.77. The molecule has 0 aliphatic carbocycles. The molecule has 3 heteroatoms. The van der Waals surface area contributed by atoms with Crippen molar-refractivity contribution in [2.75, 3.05) is 7.05 Å². The molecule has 0 radical (unpaired) electrons. The molecule has 0 fully saturated rings. The number of nitrogens with one attached hydrogen (secondary N) is 1. The van der Waals surface area contributed by atoms with Gasteiger partial charge in [0.25, 0.3) is 0 Å². The lowest BCUT2D eigenvalue weighted by Crippen LogP contribution is -2.20. The number of aromatic nitrogens is 2. The summed E-state index contributed by atoms with van der Waals surface area (Å²) in [6, 6.07) is 4.85. The van der Waals surface area contributed by atoms with Crippen molar-refractivity contribution in [1.82, 2.24) is 15.1 Å². The summed E-state index contributed by atoms with van der Waals surface area (Å²) < 4.78 is 1.89. The van der Waals surface area contributed by atoms with Crippen LogP contribution < -0.4 is 5.32 Å². The van der Waals surface area contributed by atoms with E-state index in [2.05, 4.69) is 56.4 Å². The maximum atomic E-state index is 4.46. The molecular formula is C17H25N3. The van der Waals surface area contributed by atoms with E-state index in [9.17, 15) is 0 Å². The van der Waals surface area contributed by atoms with E-state index in [1.54, 1.807) is 0 Å². The van der Waals surface area contributed by atoms with E-state index in [0.717, 1.165) is 12.1 Å². The minimum atomic E-state index is 0.309. The third kappa shape index (κ3) is 2.93. The largest absolute Gasteiger partial charge is 0.313 e. The van der Waals surface area contributed by atoms with Crippen molar-refractivity contribution in [2.45, 2.75) is 40.2 Å². The Balaban J connectivity index is 2.34. The zero-order valence-corrected chi connectivity index (χ0v) is 13.4. The molecule has 1 aromatic heterocycles. The van der Waals surface area contributed by atoms with Gasteiger partial charge in [-0.1, -0.05) is 17.7 Å². The summed E-state index contributed by atoms with van der Waals surface area (Å²) in [5.74, 6) is 0. The monoisotopic (exact) mass is 271 g/mol. The highest BCUT2D eigenvalue weighted by atomic mass is 15.3. The summed E-state index contributed by atoms with van der Waals surface area (Å²) in [6.45, 7) is 8.65. The first-order valence-corrected chi connectivity index (χ1v) is 7.16. The fourth-order valence-corrected chi connectivity index (χ4v) is 3.06. The molecule has 1 N–H and O–H groups in total. The normalized spacial score (nSPS) is 12.7. The topological polar surface area (TPSA) is 29.9 Å². The zero-order chi connectivity index (χ0) is 14.9. The molecule has 0 aliphatic rings. The van der Waals surface area contributed by atoms with Crippen molar-refractivity contribution < 1.29 is 0 Å². The molecule has 1 aromatic carbocycles. The van der Waals surface area contributed by atoms with Gasteiger partial charge in [0.05, 0.1) is 5.69 Å². The minimum Gasteiger partial charge on any atom is -0.313 e. The molecule has 1 atom stereocenters. The molecule has 0 amide bonds. The van der Waals surface area contributed by atoms with Gasteiger partial charge < -0.3 is 5.32 Å². The number of benzene rings is 1. The van der Waals surface area contributed by atoms with Crippen molar-refractivity contribution in [3.63, 3.8) is 0 Å². The molecule has 2 aromatic rings. The SMILES string of the molecule is CNC(Cc1c(C)cc(C)cc1C)c1cn(C)nc1C. The van der Waals surface area contributed by atoms with Crippen molar-refractivity contribution in [3.8, 4) is 0 Å². The zero-order valence-electron chi connectivity index (χ0n) is 13.4. The van der Waals surface area contributed by atoms with Crippen molar-refractivity contribution in [2.24, 2.45) is 7.05 Å². The van der Waals surface area contributed by atoms with Gasteiger partial charge >= 0.3 is 0 Å². The molecule has 2 rings (SSSR count). The smallest absolute Gasteiger partial charge is 0.0641 e. The number of nitrogens with zero attached hydrogens (tertiary/aromatic N) is 2. The molecule has 0 spiro atoms. The van der Waals surface area contributed by atoms with Gasteiger partial charge in [-0.3, -0.25) is 4.68 Å². The van der Waals surface area contributed by atoms with Crippen LogP contribution >= 0.6 is 0 Å². The van der Waals surface area contributed by atoms with Gasteiger partial charge in [-0.2, -0.15) is 5.10 Å². The Hall–Kier alpha value is -1.61. The van der Waals surface area contributed by atoms with Crippen LogP contribution in [0.4, 0.5) is 0 Å². The van der Waals surface area contributed by atoms with Crippen LogP contribution in [-0.4, -0.2) is 16.8 Å². The standard InChI is InChI=1S/C17H25N3/c1-11-7-12(2)15(13(3)8-11)9-17(18-5)16-10-20(6)19-14(16)4/h7-8,10,17-18H,9H2,1-6H3. The van der Waals surface area contributed by atoms with Crippen molar-refractivity contribution >= 4 is 0 Å². The van der Waals surface area contributed by atoms with E-state index in [1.807, 2.05) is 18.8 Å². The predicted octanol–water partition coefficient (Wildman–Crippen LogP) is 3.16. The van der Waals surface area contributed by atoms with Crippen LogP contribution in [0.25, 0.3) is 0 Å². The molecular weight excluding hydrogens is 246 g/mol. The molecule has 0 saturated carbocycles. The van der Waals surface area contributed by atoms with E-state index in [4.69, 9.17) is 0 Å². The van der Waals surface area contributed by atoms with Crippen LogP contribution in [0.15, 0.2) is 18.3 Å². The maximum Gasteiger partial charge on any atom is 0.0641 e. The summed E-state index contributed by atoms with van der Waals surface area (Å²) in [5.41, 5.74) is 7.93. The van der Waals surface area contributed by atoms with E-state index >= 15 is 0 Å². The quantitative estimate of drug-likeness (QED) is 0.925. The van der Waals surface area contributed by atoms with Crippen LogP contribution in [0.3, 0.4) is 0 Å². The highest BCUT2D eigenvalue weighted by Crippen LogP contribution is 2.25. The Kier molecular flexibility index (Phi) is 4.29. The maximum absolute atomic E-state index is 4.46. The fraction of sp³-hybridized carbons (Fsp3) is 0.471. The van der Waals surface area contributed by atoms with Gasteiger partial charge in [0.2, 0.25) is 0 Å². The van der Waals surface area contributed by atoms with E-state index < -0.39 is 0 Å². The number of aryl methyl sites for hydroxylation is 5. The van der Waals surface area contributed by atoms with Crippen LogP contribution in [0, 0.1) is 27.7 Å². The lowest BCUT2D eigenvalue weighted by Gasteiger charge is -2.19. The minimum absolute atomic E-state index is 0.309. The second kappa shape index (κ2) is 5.80. The lowest BCUT2D eigenvalue weighted by atomic mass is 9.92. The first-order chi connectivity index (χ1) is 9.42. The average Bonchev–Trinajstić information content (AvgIpc) is 2.67. The van der Waals surface area contributed by atoms with Crippen molar-refractivity contribution in [1.29, 1.82) is 0 Å². The van der Waals surface area contributed by atoms with E-state index in [0.29, 0.717) is 6.04 Å². The Morgan fingerprint density at radius 3 is 2.20 bits per heavy atom. The van der Waals surface area contributed by atoms with Gasteiger partial charge in [0, 0.05) is 24.8 Å². The molecule has 1 unspecified atom stereocenters. The van der Waals surface area contributed by atoms with Gasteiger partial charge in [0.15, 0.2) is 0 Å². The Morgan fingerprint density at radius 2 is 1.75 bits per heavy atom. The third-order valence-corrected chi connectivity index (χ3v) is 4.02. The highest BCUT2D eigenvalue weighted by molar-refractivity contribution is 5.39. The fourth-order valence-electron chi connectivity index (χ4n) is 3.06. The van der Waals surface area contributed by atoms with Crippen LogP contribution in [-0.2, 0) is 13.5 Å². The van der Waals surface area contributed by atoms with Crippen LogP contribution in [0.2, 0.25) is 0 Å². The second-order valence-corrected chi connectivity index (χ2v) is 5.77. The highest BCUT2D eigenvalue weighted by Gasteiger charge is 2.17. The van der Waals surface area contributed by atoms with Gasteiger partial charge in [0.1, 0.15) is 0 Å². The summed E-state index contributed by atoms with van der Waals surface area (Å²) in [6.07, 6.45) is 3.12. The summed E-state index contributed by atoms with van der Waals surface area (Å²) in [4.78, 5) is 0. The molecule has 3 nitrogen and oxygen atoms in total. The van der Waals surface area contributed by atoms with Crippen LogP contribution in [0.5, 0.6) is 0 Å². The lowest BCUT2D eigenvalue weighted by molar-refractivity contribution is 0.585. The van der Waals surface area contributed by atoms with Crippen molar-refractivity contribution in [3.05, 3.63) is 51.8 Å². The third-order valence-electron chi connectivity index (χ3n) is 4.02.